The van der Waals surface area contributed by atoms with Gasteiger partial charge in [-0.2, -0.15) is 10.0 Å². The summed E-state index contributed by atoms with van der Waals surface area (Å²) < 4.78 is 5.40. The zero-order valence-corrected chi connectivity index (χ0v) is 15.6. The third-order valence-corrected chi connectivity index (χ3v) is 7.83. The fourth-order valence-corrected chi connectivity index (χ4v) is 2.42. The van der Waals surface area contributed by atoms with Crippen molar-refractivity contribution in [3.05, 3.63) is 48.3 Å². The van der Waals surface area contributed by atoms with Gasteiger partial charge in [0.05, 0.1) is 7.11 Å². The Morgan fingerprint density at radius 2 is 1.57 bits per heavy atom. The van der Waals surface area contributed by atoms with Gasteiger partial charge in [-0.25, -0.2) is 4.98 Å². The van der Waals surface area contributed by atoms with E-state index in [9.17, 15) is 0 Å². The molecule has 1 aromatic heterocycles. The van der Waals surface area contributed by atoms with E-state index in [-0.39, 0.29) is 4.75 Å². The number of ether oxygens (including phenoxy) is 1. The number of hydrogen-bond donors (Lipinski definition) is 0. The average Bonchev–Trinajstić information content (AvgIpc) is 2.52. The molecule has 0 aliphatic heterocycles. The van der Waals surface area contributed by atoms with Crippen molar-refractivity contribution in [3.63, 3.8) is 0 Å². The van der Waals surface area contributed by atoms with Crippen LogP contribution in [0.2, 0.25) is 0 Å². The van der Waals surface area contributed by atoms with E-state index < -0.39 is 10.0 Å². The Bertz CT molecular complexity index is 713. The van der Waals surface area contributed by atoms with Gasteiger partial charge in [0, 0.05) is 16.5 Å². The maximum absolute atomic E-state index is 5.18. The van der Waals surface area contributed by atoms with Crippen LogP contribution in [0, 0.1) is 11.2 Å². The molecule has 0 N–H and O–H groups in total. The fourth-order valence-electron chi connectivity index (χ4n) is 1.75. The molecule has 1 aromatic carbocycles. The van der Waals surface area contributed by atoms with Gasteiger partial charge < -0.3 is 4.74 Å². The molecule has 2 rings (SSSR count). The van der Waals surface area contributed by atoms with Gasteiger partial charge in [-0.1, -0.05) is 39.0 Å². The van der Waals surface area contributed by atoms with Gasteiger partial charge >= 0.3 is 0 Å². The van der Waals surface area contributed by atoms with Crippen LogP contribution in [0.3, 0.4) is 0 Å². The molecule has 0 radical (unpaired) electrons. The molecule has 0 amide bonds. The van der Waals surface area contributed by atoms with Crippen LogP contribution in [0.4, 0.5) is 0 Å². The third kappa shape index (κ3) is 4.30. The second-order valence-electron chi connectivity index (χ2n) is 6.83. The van der Waals surface area contributed by atoms with Crippen molar-refractivity contribution in [1.82, 2.24) is 4.98 Å². The van der Waals surface area contributed by atoms with Crippen LogP contribution < -0.4 is 4.74 Å². The van der Waals surface area contributed by atoms with E-state index in [1.807, 2.05) is 36.5 Å². The minimum Gasteiger partial charge on any atom is -0.497 e. The average molecular weight is 327 g/mol. The largest absolute Gasteiger partial charge is 0.497 e. The van der Waals surface area contributed by atoms with E-state index >= 15 is 0 Å². The Balaban J connectivity index is 2.20. The van der Waals surface area contributed by atoms with Crippen molar-refractivity contribution in [1.29, 1.82) is 0 Å². The highest BCUT2D eigenvalue weighted by Crippen LogP contribution is 2.51. The van der Waals surface area contributed by atoms with Crippen molar-refractivity contribution >= 4 is 10.0 Å². The fraction of sp³-hybridized carbons (Fsp3) is 0.350. The first kappa shape index (κ1) is 17.4. The molecule has 0 bridgehead atoms. The quantitative estimate of drug-likeness (QED) is 0.730. The van der Waals surface area contributed by atoms with Gasteiger partial charge in [-0.3, -0.25) is 0 Å². The van der Waals surface area contributed by atoms with E-state index in [1.165, 1.54) is 0 Å². The Morgan fingerprint density at radius 1 is 0.957 bits per heavy atom. The van der Waals surface area contributed by atoms with Gasteiger partial charge in [0.25, 0.3) is 0 Å². The van der Waals surface area contributed by atoms with Gasteiger partial charge in [0.1, 0.15) is 11.4 Å². The van der Waals surface area contributed by atoms with Crippen LogP contribution in [0.25, 0.3) is 11.1 Å². The summed E-state index contributed by atoms with van der Waals surface area (Å²) in [5.41, 5.74) is 3.03. The number of pyridine rings is 1. The van der Waals surface area contributed by atoms with Crippen LogP contribution in [-0.2, 0) is 0 Å². The molecule has 2 aromatic rings. The molecule has 0 aliphatic rings. The second kappa shape index (κ2) is 6.68. The van der Waals surface area contributed by atoms with E-state index in [2.05, 4.69) is 55.5 Å². The van der Waals surface area contributed by atoms with Crippen LogP contribution in [0.15, 0.2) is 42.6 Å². The van der Waals surface area contributed by atoms with Gasteiger partial charge in [-0.15, -0.1) is 0 Å². The summed E-state index contributed by atoms with van der Waals surface area (Å²) in [6.07, 6.45) is 6.39. The molecular formula is C20H25NOS. The Hall–Kier alpha value is -1.92. The Kier molecular flexibility index (Phi) is 5.06. The summed E-state index contributed by atoms with van der Waals surface area (Å²) in [6, 6.07) is 12.0. The first-order chi connectivity index (χ1) is 10.7. The predicted molar refractivity (Wildman–Crippen MR) is 102 cm³/mol. The highest BCUT2D eigenvalue weighted by atomic mass is 32.3. The molecule has 0 atom stereocenters. The minimum atomic E-state index is -0.981. The predicted octanol–water partition coefficient (Wildman–Crippen LogP) is 4.93. The molecule has 0 saturated carbocycles. The van der Waals surface area contributed by atoms with Crippen molar-refractivity contribution in [2.45, 2.75) is 25.5 Å². The summed E-state index contributed by atoms with van der Waals surface area (Å²) in [7, 11) is 0.691. The smallest absolute Gasteiger partial charge is 0.118 e. The standard InChI is InChI=1S/C20H25NOS/c1-20(2,3)23(5,6)14-13-18-10-7-17(15-21-18)16-8-11-19(22-4)12-9-16/h7-12,15H,1-6H3. The first-order valence-corrected chi connectivity index (χ1v) is 10.0. The monoisotopic (exact) mass is 327 g/mol. The zero-order chi connectivity index (χ0) is 17.1. The Morgan fingerprint density at radius 3 is 2.04 bits per heavy atom. The van der Waals surface area contributed by atoms with Crippen molar-refractivity contribution < 1.29 is 4.74 Å². The van der Waals surface area contributed by atoms with Crippen LogP contribution >= 0.6 is 10.0 Å². The zero-order valence-electron chi connectivity index (χ0n) is 14.8. The van der Waals surface area contributed by atoms with E-state index in [0.717, 1.165) is 22.6 Å². The van der Waals surface area contributed by atoms with Crippen molar-refractivity contribution in [3.8, 4) is 28.0 Å². The third-order valence-electron chi connectivity index (χ3n) is 4.15. The van der Waals surface area contributed by atoms with Crippen LogP contribution in [0.5, 0.6) is 5.75 Å². The maximum atomic E-state index is 5.18. The molecule has 0 aliphatic carbocycles. The lowest BCUT2D eigenvalue weighted by Gasteiger charge is -2.39. The van der Waals surface area contributed by atoms with E-state index in [0.29, 0.717) is 0 Å². The van der Waals surface area contributed by atoms with Crippen molar-refractivity contribution in [2.75, 3.05) is 19.6 Å². The number of rotatable bonds is 2. The Labute approximate surface area is 141 Å². The van der Waals surface area contributed by atoms with Crippen LogP contribution in [-0.4, -0.2) is 29.4 Å². The molecule has 3 heteroatoms. The molecule has 0 saturated heterocycles. The van der Waals surface area contributed by atoms with E-state index in [1.54, 1.807) is 7.11 Å². The van der Waals surface area contributed by atoms with Crippen molar-refractivity contribution in [2.24, 2.45) is 0 Å². The van der Waals surface area contributed by atoms with Gasteiger partial charge in [-0.05, 0) is 47.4 Å². The minimum absolute atomic E-state index is 0.211. The molecule has 0 fully saturated rings. The maximum Gasteiger partial charge on any atom is 0.118 e. The molecule has 122 valence electrons. The summed E-state index contributed by atoms with van der Waals surface area (Å²) in [5, 5.41) is 3.44. The van der Waals surface area contributed by atoms with Crippen LogP contribution in [0.1, 0.15) is 26.5 Å². The summed E-state index contributed by atoms with van der Waals surface area (Å²) in [5.74, 6) is 4.10. The molecule has 0 spiro atoms. The lowest BCUT2D eigenvalue weighted by molar-refractivity contribution is 0.415. The van der Waals surface area contributed by atoms with Gasteiger partial charge in [0.2, 0.25) is 0 Å². The number of benzene rings is 1. The summed E-state index contributed by atoms with van der Waals surface area (Å²) in [4.78, 5) is 4.49. The number of hydrogen-bond acceptors (Lipinski definition) is 2. The summed E-state index contributed by atoms with van der Waals surface area (Å²) >= 11 is 0. The topological polar surface area (TPSA) is 22.1 Å². The lowest BCUT2D eigenvalue weighted by Crippen LogP contribution is -2.21. The second-order valence-corrected chi connectivity index (χ2v) is 10.9. The SMILES string of the molecule is COc1ccc(-c2ccc(C#CS(C)(C)C(C)(C)C)nc2)cc1. The van der Waals surface area contributed by atoms with Gasteiger partial charge in [0.15, 0.2) is 0 Å². The molecule has 23 heavy (non-hydrogen) atoms. The van der Waals surface area contributed by atoms with E-state index in [4.69, 9.17) is 4.74 Å². The molecule has 1 heterocycles. The molecule has 2 nitrogen and oxygen atoms in total. The highest BCUT2D eigenvalue weighted by molar-refractivity contribution is 8.37. The lowest BCUT2D eigenvalue weighted by atomic mass is 10.1. The first-order valence-electron chi connectivity index (χ1n) is 7.59. The molecule has 0 unspecified atom stereocenters. The highest BCUT2D eigenvalue weighted by Gasteiger charge is 2.25. The summed E-state index contributed by atoms with van der Waals surface area (Å²) in [6.45, 7) is 6.74. The molecular weight excluding hydrogens is 302 g/mol. The number of aromatic nitrogens is 1. The number of methoxy groups -OCH3 is 1. The number of nitrogens with zero attached hydrogens (tertiary/aromatic N) is 1. The normalized spacial score (nSPS) is 12.3.